The van der Waals surface area contributed by atoms with E-state index in [1.54, 1.807) is 13.0 Å². The highest BCUT2D eigenvalue weighted by atomic mass is 16.3. The minimum Gasteiger partial charge on any atom is -0.389 e. The molecule has 0 aromatic heterocycles. The molecule has 4 nitrogen and oxygen atoms in total. The Bertz CT molecular complexity index is 451. The van der Waals surface area contributed by atoms with Gasteiger partial charge in [0.1, 0.15) is 0 Å². The molecule has 1 aliphatic carbocycles. The third-order valence-electron chi connectivity index (χ3n) is 3.75. The highest BCUT2D eigenvalue weighted by molar-refractivity contribution is 5.89. The van der Waals surface area contributed by atoms with Crippen molar-refractivity contribution in [3.05, 3.63) is 29.8 Å². The Balaban J connectivity index is 1.97. The summed E-state index contributed by atoms with van der Waals surface area (Å²) in [5.74, 6) is 0. The van der Waals surface area contributed by atoms with E-state index in [1.165, 1.54) is 12.8 Å². The van der Waals surface area contributed by atoms with Crippen LogP contribution in [0.15, 0.2) is 24.3 Å². The minimum absolute atomic E-state index is 0.0774. The van der Waals surface area contributed by atoms with Crippen molar-refractivity contribution in [2.24, 2.45) is 0 Å². The van der Waals surface area contributed by atoms with E-state index in [2.05, 4.69) is 17.6 Å². The molecule has 0 spiro atoms. The van der Waals surface area contributed by atoms with Crippen LogP contribution in [0.25, 0.3) is 0 Å². The van der Waals surface area contributed by atoms with E-state index in [9.17, 15) is 9.90 Å². The topological polar surface area (TPSA) is 61.4 Å². The molecule has 2 amide bonds. The Morgan fingerprint density at radius 1 is 1.37 bits per heavy atom. The van der Waals surface area contributed by atoms with Crippen molar-refractivity contribution in [2.45, 2.75) is 51.2 Å². The van der Waals surface area contributed by atoms with Gasteiger partial charge in [-0.2, -0.15) is 0 Å². The molecule has 0 heterocycles. The fraction of sp³-hybridized carbons (Fsp3) is 0.533. The van der Waals surface area contributed by atoms with E-state index in [0.717, 1.165) is 18.4 Å². The second-order valence-electron chi connectivity index (χ2n) is 5.65. The first kappa shape index (κ1) is 13.9. The van der Waals surface area contributed by atoms with Crippen LogP contribution in [-0.2, 0) is 0 Å². The van der Waals surface area contributed by atoms with Gasteiger partial charge in [0.15, 0.2) is 0 Å². The molecule has 3 N–H and O–H groups in total. The summed E-state index contributed by atoms with van der Waals surface area (Å²) < 4.78 is 0. The summed E-state index contributed by atoms with van der Waals surface area (Å²) in [7, 11) is 0. The molecular formula is C15H22N2O2. The molecule has 1 aromatic carbocycles. The second-order valence-corrected chi connectivity index (χ2v) is 5.65. The quantitative estimate of drug-likeness (QED) is 0.783. The van der Waals surface area contributed by atoms with Crippen molar-refractivity contribution >= 4 is 11.7 Å². The number of hydrogen-bond acceptors (Lipinski definition) is 2. The molecule has 1 aliphatic rings. The number of carbonyl (C=O) groups excluding carboxylic acids is 1. The smallest absolute Gasteiger partial charge is 0.319 e. The fourth-order valence-corrected chi connectivity index (χ4v) is 2.59. The van der Waals surface area contributed by atoms with Crippen LogP contribution < -0.4 is 10.6 Å². The van der Waals surface area contributed by atoms with Crippen LogP contribution >= 0.6 is 0 Å². The molecule has 19 heavy (non-hydrogen) atoms. The van der Waals surface area contributed by atoms with E-state index in [4.69, 9.17) is 0 Å². The van der Waals surface area contributed by atoms with E-state index in [1.807, 2.05) is 18.2 Å². The lowest BCUT2D eigenvalue weighted by Crippen LogP contribution is -2.45. The predicted octanol–water partition coefficient (Wildman–Crippen LogP) is 3.19. The molecule has 2 rings (SSSR count). The first-order valence-electron chi connectivity index (χ1n) is 6.86. The fourth-order valence-electron chi connectivity index (χ4n) is 2.59. The van der Waals surface area contributed by atoms with Gasteiger partial charge in [-0.15, -0.1) is 0 Å². The van der Waals surface area contributed by atoms with Gasteiger partial charge in [-0.1, -0.05) is 25.0 Å². The highest BCUT2D eigenvalue weighted by Crippen LogP contribution is 2.28. The molecule has 1 fully saturated rings. The average Bonchev–Trinajstić information content (AvgIpc) is 2.75. The summed E-state index contributed by atoms with van der Waals surface area (Å²) in [5, 5.41) is 15.4. The normalized spacial score (nSPS) is 18.9. The summed E-state index contributed by atoms with van der Waals surface area (Å²) in [4.78, 5) is 12.0. The molecule has 0 bridgehead atoms. The maximum Gasteiger partial charge on any atom is 0.319 e. The van der Waals surface area contributed by atoms with E-state index >= 15 is 0 Å². The minimum atomic E-state index is -0.530. The van der Waals surface area contributed by atoms with Crippen LogP contribution in [0.3, 0.4) is 0 Å². The Labute approximate surface area is 114 Å². The number of carbonyl (C=O) groups is 1. The number of aliphatic hydroxyl groups is 1. The molecule has 104 valence electrons. The van der Waals surface area contributed by atoms with Crippen molar-refractivity contribution in [3.63, 3.8) is 0 Å². The first-order chi connectivity index (χ1) is 8.98. The van der Waals surface area contributed by atoms with Gasteiger partial charge in [-0.05, 0) is 44.4 Å². The van der Waals surface area contributed by atoms with Crippen molar-refractivity contribution < 1.29 is 9.90 Å². The molecular weight excluding hydrogens is 240 g/mol. The number of urea groups is 1. The maximum absolute atomic E-state index is 12.0. The summed E-state index contributed by atoms with van der Waals surface area (Å²) in [5.41, 5.74) is 1.42. The Kier molecular flexibility index (Phi) is 4.10. The standard InChI is InChI=1S/C15H22N2O2/c1-11(18)12-6-5-7-13(10-12)16-14(19)17-15(2)8-3-4-9-15/h5-7,10-11,18H,3-4,8-9H2,1-2H3,(H2,16,17,19). The molecule has 1 saturated carbocycles. The lowest BCUT2D eigenvalue weighted by Gasteiger charge is -2.25. The van der Waals surface area contributed by atoms with Gasteiger partial charge in [0.05, 0.1) is 6.10 Å². The molecule has 0 aliphatic heterocycles. The monoisotopic (exact) mass is 262 g/mol. The largest absolute Gasteiger partial charge is 0.389 e. The third kappa shape index (κ3) is 3.70. The maximum atomic E-state index is 12.0. The number of amides is 2. The van der Waals surface area contributed by atoms with Gasteiger partial charge in [0, 0.05) is 11.2 Å². The zero-order chi connectivity index (χ0) is 13.9. The number of benzene rings is 1. The molecule has 1 atom stereocenters. The number of rotatable bonds is 3. The lowest BCUT2D eigenvalue weighted by molar-refractivity contribution is 0.199. The summed E-state index contributed by atoms with van der Waals surface area (Å²) in [6.45, 7) is 3.80. The average molecular weight is 262 g/mol. The molecule has 4 heteroatoms. The van der Waals surface area contributed by atoms with Crippen molar-refractivity contribution in [1.29, 1.82) is 0 Å². The summed E-state index contributed by atoms with van der Waals surface area (Å²) in [6, 6.07) is 7.11. The first-order valence-corrected chi connectivity index (χ1v) is 6.86. The van der Waals surface area contributed by atoms with Gasteiger partial charge in [0.2, 0.25) is 0 Å². The number of aliphatic hydroxyl groups excluding tert-OH is 1. The molecule has 1 unspecified atom stereocenters. The van der Waals surface area contributed by atoms with Gasteiger partial charge in [-0.25, -0.2) is 4.79 Å². The van der Waals surface area contributed by atoms with Crippen LogP contribution in [0.1, 0.15) is 51.2 Å². The van der Waals surface area contributed by atoms with Crippen molar-refractivity contribution in [3.8, 4) is 0 Å². The number of hydrogen-bond donors (Lipinski definition) is 3. The van der Waals surface area contributed by atoms with Crippen LogP contribution in [-0.4, -0.2) is 16.7 Å². The Morgan fingerprint density at radius 2 is 2.05 bits per heavy atom. The van der Waals surface area contributed by atoms with Crippen LogP contribution in [0.2, 0.25) is 0 Å². The molecule has 1 aromatic rings. The second kappa shape index (κ2) is 5.61. The SMILES string of the molecule is CC(O)c1cccc(NC(=O)NC2(C)CCCC2)c1. The van der Waals surface area contributed by atoms with Gasteiger partial charge < -0.3 is 15.7 Å². The van der Waals surface area contributed by atoms with E-state index < -0.39 is 6.10 Å². The van der Waals surface area contributed by atoms with Crippen LogP contribution in [0.5, 0.6) is 0 Å². The summed E-state index contributed by atoms with van der Waals surface area (Å²) >= 11 is 0. The molecule has 0 saturated heterocycles. The van der Waals surface area contributed by atoms with Gasteiger partial charge >= 0.3 is 6.03 Å². The van der Waals surface area contributed by atoms with Crippen LogP contribution in [0.4, 0.5) is 10.5 Å². The molecule has 0 radical (unpaired) electrons. The number of nitrogens with one attached hydrogen (secondary N) is 2. The third-order valence-corrected chi connectivity index (χ3v) is 3.75. The van der Waals surface area contributed by atoms with Gasteiger partial charge in [0.25, 0.3) is 0 Å². The van der Waals surface area contributed by atoms with Gasteiger partial charge in [-0.3, -0.25) is 0 Å². The van der Waals surface area contributed by atoms with E-state index in [-0.39, 0.29) is 11.6 Å². The zero-order valence-corrected chi connectivity index (χ0v) is 11.6. The van der Waals surface area contributed by atoms with Crippen molar-refractivity contribution in [2.75, 3.05) is 5.32 Å². The van der Waals surface area contributed by atoms with Crippen molar-refractivity contribution in [1.82, 2.24) is 5.32 Å². The number of anilines is 1. The van der Waals surface area contributed by atoms with Crippen LogP contribution in [0, 0.1) is 0 Å². The summed E-state index contributed by atoms with van der Waals surface area (Å²) in [6.07, 6.45) is 3.89. The lowest BCUT2D eigenvalue weighted by atomic mass is 10.0. The Hall–Kier alpha value is -1.55. The predicted molar refractivity (Wildman–Crippen MR) is 76.1 cm³/mol. The highest BCUT2D eigenvalue weighted by Gasteiger charge is 2.30. The Morgan fingerprint density at radius 3 is 2.68 bits per heavy atom. The van der Waals surface area contributed by atoms with E-state index in [0.29, 0.717) is 5.69 Å². The zero-order valence-electron chi connectivity index (χ0n) is 11.6.